The van der Waals surface area contributed by atoms with E-state index >= 15 is 0 Å². The Morgan fingerprint density at radius 1 is 1.15 bits per heavy atom. The van der Waals surface area contributed by atoms with Gasteiger partial charge in [0.2, 0.25) is 0 Å². The molecule has 0 unspecified atom stereocenters. The molecular weight excluding hydrogens is 279 g/mol. The molecule has 0 saturated heterocycles. The summed E-state index contributed by atoms with van der Waals surface area (Å²) >= 11 is 5.74. The third kappa shape index (κ3) is 3.71. The van der Waals surface area contributed by atoms with Crippen molar-refractivity contribution in [3.63, 3.8) is 0 Å². The number of carbonyl (C=O) groups excluding carboxylic acids is 1. The van der Waals surface area contributed by atoms with Gasteiger partial charge in [0.25, 0.3) is 5.91 Å². The van der Waals surface area contributed by atoms with Crippen LogP contribution in [0.1, 0.15) is 17.3 Å². The van der Waals surface area contributed by atoms with E-state index in [4.69, 9.17) is 11.6 Å². The first-order valence-corrected chi connectivity index (χ1v) is 6.57. The molecule has 0 aliphatic rings. The van der Waals surface area contributed by atoms with Crippen LogP contribution in [0, 0.1) is 5.82 Å². The monoisotopic (exact) mass is 292 g/mol. The van der Waals surface area contributed by atoms with Crippen molar-refractivity contribution in [1.82, 2.24) is 0 Å². The highest BCUT2D eigenvalue weighted by Gasteiger charge is 2.07. The molecule has 0 heterocycles. The van der Waals surface area contributed by atoms with Crippen LogP contribution in [0.3, 0.4) is 0 Å². The average molecular weight is 293 g/mol. The first-order valence-electron chi connectivity index (χ1n) is 6.20. The van der Waals surface area contributed by atoms with Gasteiger partial charge in [-0.25, -0.2) is 4.39 Å². The number of rotatable bonds is 4. The largest absolute Gasteiger partial charge is 0.385 e. The maximum atomic E-state index is 13.2. The molecule has 1 amide bonds. The summed E-state index contributed by atoms with van der Waals surface area (Å²) in [4.78, 5) is 12.0. The normalized spacial score (nSPS) is 10.2. The van der Waals surface area contributed by atoms with Crippen LogP contribution in [-0.2, 0) is 0 Å². The smallest absolute Gasteiger partial charge is 0.255 e. The highest BCUT2D eigenvalue weighted by atomic mass is 35.5. The summed E-state index contributed by atoms with van der Waals surface area (Å²) in [6.07, 6.45) is 0. The van der Waals surface area contributed by atoms with Crippen LogP contribution < -0.4 is 10.6 Å². The molecule has 0 aliphatic heterocycles. The molecule has 5 heteroatoms. The molecule has 104 valence electrons. The van der Waals surface area contributed by atoms with Gasteiger partial charge in [0.15, 0.2) is 0 Å². The predicted molar refractivity (Wildman–Crippen MR) is 80.0 cm³/mol. The van der Waals surface area contributed by atoms with Crippen LogP contribution >= 0.6 is 11.6 Å². The summed E-state index contributed by atoms with van der Waals surface area (Å²) in [6, 6.07) is 10.9. The molecule has 0 saturated carbocycles. The number of nitrogens with one attached hydrogen (secondary N) is 2. The maximum absolute atomic E-state index is 13.2. The zero-order valence-electron chi connectivity index (χ0n) is 10.9. The van der Waals surface area contributed by atoms with E-state index in [0.717, 1.165) is 12.2 Å². The summed E-state index contributed by atoms with van der Waals surface area (Å²) in [5.74, 6) is -0.801. The molecule has 0 fully saturated rings. The standard InChI is InChI=1S/C15H14ClFN2O/c1-2-18-13-5-3-10(4-6-13)15(20)19-14-8-11(16)7-12(17)9-14/h3-9,18H,2H2,1H3,(H,19,20). The fourth-order valence-corrected chi connectivity index (χ4v) is 1.99. The van der Waals surface area contributed by atoms with Crippen LogP contribution in [-0.4, -0.2) is 12.5 Å². The number of benzene rings is 2. The van der Waals surface area contributed by atoms with E-state index in [9.17, 15) is 9.18 Å². The van der Waals surface area contributed by atoms with Crippen molar-refractivity contribution >= 4 is 28.9 Å². The molecule has 20 heavy (non-hydrogen) atoms. The lowest BCUT2D eigenvalue weighted by Crippen LogP contribution is -2.12. The second-order valence-electron chi connectivity index (χ2n) is 4.22. The Balaban J connectivity index is 2.11. The SMILES string of the molecule is CCNc1ccc(C(=O)Nc2cc(F)cc(Cl)c2)cc1. The Morgan fingerprint density at radius 3 is 2.45 bits per heavy atom. The summed E-state index contributed by atoms with van der Waals surface area (Å²) in [6.45, 7) is 2.81. The maximum Gasteiger partial charge on any atom is 0.255 e. The van der Waals surface area contributed by atoms with Crippen LogP contribution in [0.2, 0.25) is 5.02 Å². The number of halogens is 2. The van der Waals surface area contributed by atoms with E-state index in [2.05, 4.69) is 10.6 Å². The molecule has 2 aromatic rings. The van der Waals surface area contributed by atoms with Crippen LogP contribution in [0.25, 0.3) is 0 Å². The van der Waals surface area contributed by atoms with Crippen molar-refractivity contribution in [3.05, 3.63) is 58.9 Å². The molecule has 0 spiro atoms. The summed E-state index contributed by atoms with van der Waals surface area (Å²) in [7, 11) is 0. The summed E-state index contributed by atoms with van der Waals surface area (Å²) in [5, 5.41) is 5.99. The van der Waals surface area contributed by atoms with Gasteiger partial charge in [-0.15, -0.1) is 0 Å². The molecule has 0 aromatic heterocycles. The summed E-state index contributed by atoms with van der Waals surface area (Å²) in [5.41, 5.74) is 1.76. The quantitative estimate of drug-likeness (QED) is 0.888. The van der Waals surface area contributed by atoms with Crippen molar-refractivity contribution in [1.29, 1.82) is 0 Å². The molecule has 3 nitrogen and oxygen atoms in total. The number of amides is 1. The van der Waals surface area contributed by atoms with Gasteiger partial charge in [0, 0.05) is 28.5 Å². The van der Waals surface area contributed by atoms with E-state index in [1.54, 1.807) is 12.1 Å². The van der Waals surface area contributed by atoms with Crippen molar-refractivity contribution < 1.29 is 9.18 Å². The Kier molecular flexibility index (Phi) is 4.58. The minimum absolute atomic E-state index is 0.239. The Morgan fingerprint density at radius 2 is 1.85 bits per heavy atom. The molecule has 0 aliphatic carbocycles. The van der Waals surface area contributed by atoms with Gasteiger partial charge in [-0.3, -0.25) is 4.79 Å². The Hall–Kier alpha value is -2.07. The number of hydrogen-bond donors (Lipinski definition) is 2. The van der Waals surface area contributed by atoms with Gasteiger partial charge in [0.05, 0.1) is 0 Å². The lowest BCUT2D eigenvalue weighted by Gasteiger charge is -2.07. The van der Waals surface area contributed by atoms with E-state index in [0.29, 0.717) is 11.3 Å². The van der Waals surface area contributed by atoms with Crippen molar-refractivity contribution in [3.8, 4) is 0 Å². The first kappa shape index (κ1) is 14.3. The molecule has 2 rings (SSSR count). The van der Waals surface area contributed by atoms with E-state index in [-0.39, 0.29) is 10.9 Å². The fourth-order valence-electron chi connectivity index (χ4n) is 1.77. The van der Waals surface area contributed by atoms with Crippen molar-refractivity contribution in [2.45, 2.75) is 6.92 Å². The lowest BCUT2D eigenvalue weighted by molar-refractivity contribution is 0.102. The Bertz CT molecular complexity index is 594. The molecule has 0 radical (unpaired) electrons. The predicted octanol–water partition coefficient (Wildman–Crippen LogP) is 4.16. The van der Waals surface area contributed by atoms with E-state index in [1.165, 1.54) is 18.2 Å². The van der Waals surface area contributed by atoms with Crippen LogP contribution in [0.15, 0.2) is 42.5 Å². The van der Waals surface area contributed by atoms with Gasteiger partial charge in [-0.2, -0.15) is 0 Å². The molecular formula is C15H14ClFN2O. The van der Waals surface area contributed by atoms with Gasteiger partial charge in [-0.05, 0) is 49.4 Å². The van der Waals surface area contributed by atoms with E-state index < -0.39 is 5.82 Å². The van der Waals surface area contributed by atoms with Gasteiger partial charge >= 0.3 is 0 Å². The molecule has 0 atom stereocenters. The lowest BCUT2D eigenvalue weighted by atomic mass is 10.2. The number of hydrogen-bond acceptors (Lipinski definition) is 2. The summed E-state index contributed by atoms with van der Waals surface area (Å²) < 4.78 is 13.2. The highest BCUT2D eigenvalue weighted by molar-refractivity contribution is 6.31. The minimum atomic E-state index is -0.490. The van der Waals surface area contributed by atoms with Gasteiger partial charge in [-0.1, -0.05) is 11.6 Å². The van der Waals surface area contributed by atoms with Gasteiger partial charge in [0.1, 0.15) is 5.82 Å². The zero-order chi connectivity index (χ0) is 14.5. The third-order valence-corrected chi connectivity index (χ3v) is 2.87. The second kappa shape index (κ2) is 6.39. The van der Waals surface area contributed by atoms with Crippen molar-refractivity contribution in [2.24, 2.45) is 0 Å². The minimum Gasteiger partial charge on any atom is -0.385 e. The number of anilines is 2. The van der Waals surface area contributed by atoms with Gasteiger partial charge < -0.3 is 10.6 Å². The third-order valence-electron chi connectivity index (χ3n) is 2.65. The second-order valence-corrected chi connectivity index (χ2v) is 4.66. The van der Waals surface area contributed by atoms with Crippen molar-refractivity contribution in [2.75, 3.05) is 17.2 Å². The topological polar surface area (TPSA) is 41.1 Å². The molecule has 2 aromatic carbocycles. The Labute approximate surface area is 121 Å². The number of carbonyl (C=O) groups is 1. The zero-order valence-corrected chi connectivity index (χ0v) is 11.7. The van der Waals surface area contributed by atoms with Crippen LogP contribution in [0.5, 0.6) is 0 Å². The average Bonchev–Trinajstić information content (AvgIpc) is 2.38. The highest BCUT2D eigenvalue weighted by Crippen LogP contribution is 2.19. The first-order chi connectivity index (χ1) is 9.58. The fraction of sp³-hybridized carbons (Fsp3) is 0.133. The molecule has 0 bridgehead atoms. The van der Waals surface area contributed by atoms with Crippen LogP contribution in [0.4, 0.5) is 15.8 Å². The van der Waals surface area contributed by atoms with E-state index in [1.807, 2.05) is 19.1 Å². The molecule has 2 N–H and O–H groups in total.